The monoisotopic (exact) mass is 380 g/mol. The third-order valence-electron chi connectivity index (χ3n) is 4.82. The molecule has 2 aromatic heterocycles. The number of aromatic nitrogens is 2. The number of hydrogen-bond acceptors (Lipinski definition) is 4. The lowest BCUT2D eigenvalue weighted by molar-refractivity contribution is -0.127. The number of benzene rings is 1. The summed E-state index contributed by atoms with van der Waals surface area (Å²) in [5, 5.41) is 11.6. The molecule has 2 amide bonds. The minimum absolute atomic E-state index is 0.0288. The fourth-order valence-electron chi connectivity index (χ4n) is 3.46. The Morgan fingerprint density at radius 1 is 1.30 bits per heavy atom. The van der Waals surface area contributed by atoms with Gasteiger partial charge in [-0.1, -0.05) is 23.8 Å². The average molecular weight is 380 g/mol. The number of anilines is 1. The minimum Gasteiger partial charge on any atom is -0.350 e. The predicted octanol–water partition coefficient (Wildman–Crippen LogP) is 3.19. The van der Waals surface area contributed by atoms with Gasteiger partial charge in [0.05, 0.1) is 24.2 Å². The summed E-state index contributed by atoms with van der Waals surface area (Å²) in [7, 11) is 0. The predicted molar refractivity (Wildman–Crippen MR) is 104 cm³/mol. The lowest BCUT2D eigenvalue weighted by Gasteiger charge is -2.27. The molecule has 27 heavy (non-hydrogen) atoms. The third-order valence-corrected chi connectivity index (χ3v) is 5.76. The van der Waals surface area contributed by atoms with E-state index in [1.54, 1.807) is 22.4 Å². The number of amides is 2. The minimum atomic E-state index is -0.430. The summed E-state index contributed by atoms with van der Waals surface area (Å²) in [6.45, 7) is 2.38. The zero-order chi connectivity index (χ0) is 18.8. The Kier molecular flexibility index (Phi) is 4.77. The van der Waals surface area contributed by atoms with Crippen molar-refractivity contribution in [3.63, 3.8) is 0 Å². The van der Waals surface area contributed by atoms with Crippen molar-refractivity contribution < 1.29 is 9.59 Å². The highest BCUT2D eigenvalue weighted by Gasteiger charge is 2.45. The maximum Gasteiger partial charge on any atom is 0.228 e. The molecule has 0 saturated carbocycles. The van der Waals surface area contributed by atoms with Crippen LogP contribution in [0.5, 0.6) is 0 Å². The van der Waals surface area contributed by atoms with Crippen molar-refractivity contribution >= 4 is 28.8 Å². The molecule has 1 saturated heterocycles. The van der Waals surface area contributed by atoms with Gasteiger partial charge in [0.2, 0.25) is 11.8 Å². The van der Waals surface area contributed by atoms with Crippen LogP contribution in [-0.4, -0.2) is 22.0 Å². The second-order valence-electron chi connectivity index (χ2n) is 6.67. The molecule has 3 heterocycles. The lowest BCUT2D eigenvalue weighted by atomic mass is 9.97. The number of carbonyl (C=O) groups is 2. The molecule has 0 unspecified atom stereocenters. The van der Waals surface area contributed by atoms with Gasteiger partial charge in [-0.3, -0.25) is 14.7 Å². The first-order valence-electron chi connectivity index (χ1n) is 8.81. The van der Waals surface area contributed by atoms with E-state index in [-0.39, 0.29) is 24.3 Å². The second kappa shape index (κ2) is 7.36. The van der Waals surface area contributed by atoms with E-state index < -0.39 is 5.92 Å². The van der Waals surface area contributed by atoms with Gasteiger partial charge < -0.3 is 10.2 Å². The summed E-state index contributed by atoms with van der Waals surface area (Å²) < 4.78 is 0. The molecule has 1 aromatic carbocycles. The Balaban J connectivity index is 1.62. The summed E-state index contributed by atoms with van der Waals surface area (Å²) >= 11 is 1.57. The quantitative estimate of drug-likeness (QED) is 0.714. The Morgan fingerprint density at radius 2 is 2.11 bits per heavy atom. The van der Waals surface area contributed by atoms with Gasteiger partial charge in [-0.15, -0.1) is 11.3 Å². The van der Waals surface area contributed by atoms with E-state index >= 15 is 0 Å². The van der Waals surface area contributed by atoms with Crippen LogP contribution in [-0.2, 0) is 16.1 Å². The highest BCUT2D eigenvalue weighted by Crippen LogP contribution is 2.43. The molecule has 1 aliphatic rings. The fraction of sp³-hybridized carbons (Fsp3) is 0.250. The molecule has 3 aromatic rings. The van der Waals surface area contributed by atoms with Crippen molar-refractivity contribution in [3.05, 3.63) is 70.2 Å². The number of nitrogens with one attached hydrogen (secondary N) is 2. The van der Waals surface area contributed by atoms with Gasteiger partial charge in [0.1, 0.15) is 0 Å². The van der Waals surface area contributed by atoms with E-state index in [4.69, 9.17) is 0 Å². The number of nitrogens with zero attached hydrogens (tertiary/aromatic N) is 2. The van der Waals surface area contributed by atoms with Crippen LogP contribution in [0.1, 0.15) is 28.6 Å². The maximum atomic E-state index is 12.9. The number of carbonyl (C=O) groups excluding carboxylic acids is 2. The molecule has 6 nitrogen and oxygen atoms in total. The topological polar surface area (TPSA) is 78.1 Å². The number of aryl methyl sites for hydroxylation is 1. The molecule has 0 bridgehead atoms. The third kappa shape index (κ3) is 3.50. The van der Waals surface area contributed by atoms with Crippen molar-refractivity contribution in [1.82, 2.24) is 15.5 Å². The molecule has 0 aliphatic carbocycles. The number of thiophene rings is 1. The molecule has 138 valence electrons. The van der Waals surface area contributed by atoms with Crippen LogP contribution >= 0.6 is 11.3 Å². The van der Waals surface area contributed by atoms with Crippen LogP contribution in [0.15, 0.2) is 54.0 Å². The molecule has 0 radical (unpaired) electrons. The largest absolute Gasteiger partial charge is 0.350 e. The zero-order valence-electron chi connectivity index (χ0n) is 14.9. The average Bonchev–Trinajstić information content (AvgIpc) is 3.41. The van der Waals surface area contributed by atoms with Crippen LogP contribution < -0.4 is 10.2 Å². The molecule has 7 heteroatoms. The van der Waals surface area contributed by atoms with Gasteiger partial charge in [0, 0.05) is 23.2 Å². The molecule has 1 aliphatic heterocycles. The van der Waals surface area contributed by atoms with Crippen molar-refractivity contribution in [2.75, 3.05) is 4.90 Å². The highest BCUT2D eigenvalue weighted by molar-refractivity contribution is 7.10. The normalized spacial score (nSPS) is 19.4. The molecule has 2 atom stereocenters. The lowest BCUT2D eigenvalue weighted by Crippen LogP contribution is -2.35. The van der Waals surface area contributed by atoms with Crippen LogP contribution in [0.2, 0.25) is 0 Å². The Labute approximate surface area is 161 Å². The first-order valence-corrected chi connectivity index (χ1v) is 9.69. The molecule has 0 spiro atoms. The van der Waals surface area contributed by atoms with E-state index in [9.17, 15) is 9.59 Å². The summed E-state index contributed by atoms with van der Waals surface area (Å²) in [6.07, 6.45) is 1.85. The van der Waals surface area contributed by atoms with Crippen LogP contribution in [0, 0.1) is 12.8 Å². The number of H-pyrrole nitrogens is 1. The van der Waals surface area contributed by atoms with Crippen LogP contribution in [0.4, 0.5) is 5.69 Å². The van der Waals surface area contributed by atoms with Crippen LogP contribution in [0.25, 0.3) is 0 Å². The highest BCUT2D eigenvalue weighted by atomic mass is 32.1. The first kappa shape index (κ1) is 17.5. The van der Waals surface area contributed by atoms with Gasteiger partial charge >= 0.3 is 0 Å². The smallest absolute Gasteiger partial charge is 0.228 e. The Morgan fingerprint density at radius 3 is 2.78 bits per heavy atom. The van der Waals surface area contributed by atoms with Crippen molar-refractivity contribution in [1.29, 1.82) is 0 Å². The number of aromatic amines is 1. The van der Waals surface area contributed by atoms with Gasteiger partial charge in [-0.05, 0) is 36.6 Å². The van der Waals surface area contributed by atoms with Crippen LogP contribution in [0.3, 0.4) is 0 Å². The van der Waals surface area contributed by atoms with E-state index in [0.717, 1.165) is 21.8 Å². The van der Waals surface area contributed by atoms with E-state index in [2.05, 4.69) is 15.5 Å². The fourth-order valence-corrected chi connectivity index (χ4v) is 4.34. The van der Waals surface area contributed by atoms with E-state index in [0.29, 0.717) is 6.54 Å². The SMILES string of the molecule is Cc1ccc(N2C(=O)C[C@H](C(=O)NCc3ccn[nH]3)[C@H]2c2cccs2)cc1. The summed E-state index contributed by atoms with van der Waals surface area (Å²) in [4.78, 5) is 28.5. The standard InChI is InChI=1S/C20H20N4O2S/c1-13-4-6-15(7-5-13)24-18(25)11-16(19(24)17-3-2-10-27-17)20(26)21-12-14-8-9-22-23-14/h2-10,16,19H,11-12H2,1H3,(H,21,26)(H,22,23)/t16-,19-/m0/s1. The summed E-state index contributed by atoms with van der Waals surface area (Å²) in [6, 6.07) is 13.3. The molecule has 1 fully saturated rings. The van der Waals surface area contributed by atoms with Crippen molar-refractivity contribution in [2.24, 2.45) is 5.92 Å². The molecular weight excluding hydrogens is 360 g/mol. The van der Waals surface area contributed by atoms with E-state index in [1.165, 1.54) is 0 Å². The van der Waals surface area contributed by atoms with Crippen molar-refractivity contribution in [3.8, 4) is 0 Å². The summed E-state index contributed by atoms with van der Waals surface area (Å²) in [5.41, 5.74) is 2.79. The Bertz CT molecular complexity index is 920. The van der Waals surface area contributed by atoms with E-state index in [1.807, 2.05) is 54.8 Å². The number of rotatable bonds is 5. The van der Waals surface area contributed by atoms with Gasteiger partial charge in [-0.2, -0.15) is 5.10 Å². The maximum absolute atomic E-state index is 12.9. The zero-order valence-corrected chi connectivity index (χ0v) is 15.7. The first-order chi connectivity index (χ1) is 13.1. The van der Waals surface area contributed by atoms with Gasteiger partial charge in [0.25, 0.3) is 0 Å². The second-order valence-corrected chi connectivity index (χ2v) is 7.65. The molecular formula is C20H20N4O2S. The summed E-state index contributed by atoms with van der Waals surface area (Å²) in [5.74, 6) is -0.578. The number of hydrogen-bond donors (Lipinski definition) is 2. The molecule has 2 N–H and O–H groups in total. The molecule has 4 rings (SSSR count). The van der Waals surface area contributed by atoms with Gasteiger partial charge in [-0.25, -0.2) is 0 Å². The Hall–Kier alpha value is -2.93. The van der Waals surface area contributed by atoms with Gasteiger partial charge in [0.15, 0.2) is 0 Å². The van der Waals surface area contributed by atoms with Crippen molar-refractivity contribution in [2.45, 2.75) is 25.9 Å².